The van der Waals surface area contributed by atoms with Crippen LogP contribution in [0, 0.1) is 0 Å². The minimum absolute atomic E-state index is 0. The highest BCUT2D eigenvalue weighted by Gasteiger charge is 2.30. The molecule has 1 heterocycles. The van der Waals surface area contributed by atoms with E-state index >= 15 is 0 Å². The van der Waals surface area contributed by atoms with Gasteiger partial charge in [-0.05, 0) is 67.3 Å². The van der Waals surface area contributed by atoms with Crippen molar-refractivity contribution in [2.24, 2.45) is 0 Å². The van der Waals surface area contributed by atoms with Crippen LogP contribution < -0.4 is 20.3 Å². The maximum Gasteiger partial charge on any atom is 0.251 e. The van der Waals surface area contributed by atoms with Crippen LogP contribution in [-0.2, 0) is 23.0 Å². The summed E-state index contributed by atoms with van der Waals surface area (Å²) in [6, 6.07) is 19.3. The lowest BCUT2D eigenvalue weighted by molar-refractivity contribution is 0.0830. The van der Waals surface area contributed by atoms with E-state index in [0.717, 1.165) is 11.1 Å². The molecule has 2 atom stereocenters. The van der Waals surface area contributed by atoms with Gasteiger partial charge in [0.2, 0.25) is 10.0 Å². The number of halogens is 3. The predicted octanol–water partition coefficient (Wildman–Crippen LogP) is 4.88. The highest BCUT2D eigenvalue weighted by atomic mass is 35.5. The molecule has 3 aromatic carbocycles. The van der Waals surface area contributed by atoms with Crippen molar-refractivity contribution in [3.63, 3.8) is 0 Å². The van der Waals surface area contributed by atoms with E-state index < -0.39 is 28.1 Å². The Balaban J connectivity index is 0.00000462. The Morgan fingerprint density at radius 2 is 1.73 bits per heavy atom. The lowest BCUT2D eigenvalue weighted by atomic mass is 10.00. The summed E-state index contributed by atoms with van der Waals surface area (Å²) in [5, 5.41) is 21.6. The lowest BCUT2D eigenvalue weighted by Gasteiger charge is -2.26. The summed E-state index contributed by atoms with van der Waals surface area (Å²) >= 11 is 12.2. The molecule has 1 aliphatic heterocycles. The van der Waals surface area contributed by atoms with Crippen LogP contribution in [0.25, 0.3) is 0 Å². The zero-order valence-corrected chi connectivity index (χ0v) is 25.8. The van der Waals surface area contributed by atoms with E-state index in [4.69, 9.17) is 23.2 Å². The summed E-state index contributed by atoms with van der Waals surface area (Å²) in [5.74, 6) is -0.320. The molecule has 41 heavy (non-hydrogen) atoms. The summed E-state index contributed by atoms with van der Waals surface area (Å²) in [7, 11) is -3.42. The smallest absolute Gasteiger partial charge is 0.251 e. The van der Waals surface area contributed by atoms with Gasteiger partial charge in [0, 0.05) is 47.5 Å². The third-order valence-corrected chi connectivity index (χ3v) is 8.94. The molecule has 8 nitrogen and oxygen atoms in total. The molecule has 0 bridgehead atoms. The van der Waals surface area contributed by atoms with Crippen molar-refractivity contribution in [1.82, 2.24) is 10.6 Å². The van der Waals surface area contributed by atoms with Crippen LogP contribution in [0.1, 0.15) is 34.8 Å². The molecule has 0 aliphatic carbocycles. The van der Waals surface area contributed by atoms with E-state index in [0.29, 0.717) is 59.5 Å². The zero-order valence-electron chi connectivity index (χ0n) is 22.6. The van der Waals surface area contributed by atoms with Gasteiger partial charge in [-0.2, -0.15) is 0 Å². The molecule has 0 aromatic heterocycles. The first kappa shape index (κ1) is 33.0. The molecule has 4 rings (SSSR count). The Morgan fingerprint density at radius 3 is 2.37 bits per heavy atom. The maximum absolute atomic E-state index is 13.5. The summed E-state index contributed by atoms with van der Waals surface area (Å²) in [4.78, 5) is 13.5. The molecule has 0 spiro atoms. The maximum atomic E-state index is 13.5. The largest absolute Gasteiger partial charge is 0.390 e. The number of aliphatic hydroxyl groups is 1. The molecular formula is C29H35Cl3N4O4S. The number of anilines is 2. The number of hydrogen-bond donors (Lipinski definition) is 4. The molecule has 1 fully saturated rings. The average molecular weight is 642 g/mol. The minimum Gasteiger partial charge on any atom is -0.390 e. The molecule has 0 unspecified atom stereocenters. The van der Waals surface area contributed by atoms with Crippen molar-refractivity contribution in [2.75, 3.05) is 35.0 Å². The first-order chi connectivity index (χ1) is 19.1. The number of benzene rings is 3. The van der Waals surface area contributed by atoms with Crippen LogP contribution in [0.2, 0.25) is 10.0 Å². The second-order valence-electron chi connectivity index (χ2n) is 9.79. The Bertz CT molecular complexity index is 1410. The molecule has 3 aromatic rings. The van der Waals surface area contributed by atoms with Crippen LogP contribution in [0.4, 0.5) is 11.4 Å². The normalized spacial score (nSPS) is 15.6. The van der Waals surface area contributed by atoms with Gasteiger partial charge >= 0.3 is 0 Å². The summed E-state index contributed by atoms with van der Waals surface area (Å²) in [6.07, 6.45) is 0.0162. The number of carbonyl (C=O) groups excluding carboxylic acids is 1. The Labute approximate surface area is 257 Å². The monoisotopic (exact) mass is 640 g/mol. The second-order valence-corrected chi connectivity index (χ2v) is 12.7. The van der Waals surface area contributed by atoms with Crippen molar-refractivity contribution >= 4 is 62.9 Å². The molecule has 1 amide bonds. The Kier molecular flexibility index (Phi) is 12.1. The van der Waals surface area contributed by atoms with E-state index in [1.54, 1.807) is 36.4 Å². The number of amides is 1. The number of nitrogens with one attached hydrogen (secondary N) is 3. The fourth-order valence-corrected chi connectivity index (χ4v) is 6.86. The van der Waals surface area contributed by atoms with Crippen LogP contribution in [0.3, 0.4) is 0 Å². The highest BCUT2D eigenvalue weighted by Crippen LogP contribution is 2.28. The number of nitrogens with zero attached hydrogens (tertiary/aromatic N) is 1. The van der Waals surface area contributed by atoms with Crippen LogP contribution >= 0.6 is 35.6 Å². The molecule has 0 saturated carbocycles. The van der Waals surface area contributed by atoms with Gasteiger partial charge in [0.1, 0.15) is 0 Å². The fourth-order valence-electron chi connectivity index (χ4n) is 4.74. The topological polar surface area (TPSA) is 111 Å². The number of aliphatic hydroxyl groups excluding tert-OH is 1. The zero-order chi connectivity index (χ0) is 28.7. The van der Waals surface area contributed by atoms with E-state index in [9.17, 15) is 18.3 Å². The molecule has 12 heteroatoms. The summed E-state index contributed by atoms with van der Waals surface area (Å²) in [6.45, 7) is 3.54. The first-order valence-corrected chi connectivity index (χ1v) is 15.6. The molecule has 0 radical (unpaired) electrons. The van der Waals surface area contributed by atoms with Crippen LogP contribution in [0.5, 0.6) is 0 Å². The van der Waals surface area contributed by atoms with Gasteiger partial charge in [-0.15, -0.1) is 12.4 Å². The Hall–Kier alpha value is -2.53. The van der Waals surface area contributed by atoms with Crippen molar-refractivity contribution in [2.45, 2.75) is 38.5 Å². The SMILES string of the molecule is CCNc1cc(C(=O)N[C@@H](Cc2ccccc2)[C@H](O)CNCc2cc(Cl)cc(Cl)c2)cc(N2CCCS2(=O)=O)c1.Cl. The first-order valence-electron chi connectivity index (χ1n) is 13.2. The lowest BCUT2D eigenvalue weighted by Crippen LogP contribution is -2.48. The summed E-state index contributed by atoms with van der Waals surface area (Å²) in [5.41, 5.74) is 3.23. The van der Waals surface area contributed by atoms with Gasteiger partial charge < -0.3 is 21.1 Å². The van der Waals surface area contributed by atoms with Crippen molar-refractivity contribution in [3.8, 4) is 0 Å². The standard InChI is InChI=1S/C29H34Cl2N4O4S.ClH/c1-2-33-25-14-22(15-26(17-25)35-9-6-10-40(35,38)39)29(37)34-27(13-20-7-4-3-5-8-20)28(36)19-32-18-21-11-23(30)16-24(31)12-21;/h3-5,7-8,11-12,14-17,27-28,32-33,36H,2,6,9-10,13,18-19H2,1H3,(H,34,37);1H/t27-,28+;/m0./s1. The third kappa shape index (κ3) is 9.23. The van der Waals surface area contributed by atoms with Crippen molar-refractivity contribution in [1.29, 1.82) is 0 Å². The Morgan fingerprint density at radius 1 is 1.02 bits per heavy atom. The summed E-state index contributed by atoms with van der Waals surface area (Å²) < 4.78 is 26.5. The highest BCUT2D eigenvalue weighted by molar-refractivity contribution is 7.93. The number of sulfonamides is 1. The average Bonchev–Trinajstić information content (AvgIpc) is 3.27. The van der Waals surface area contributed by atoms with E-state index in [-0.39, 0.29) is 24.7 Å². The van der Waals surface area contributed by atoms with Crippen LogP contribution in [-0.4, -0.2) is 57.0 Å². The molecule has 1 saturated heterocycles. The van der Waals surface area contributed by atoms with E-state index in [1.807, 2.05) is 37.3 Å². The number of rotatable bonds is 12. The van der Waals surface area contributed by atoms with Gasteiger partial charge in [0.25, 0.3) is 5.91 Å². The molecular weight excluding hydrogens is 607 g/mol. The van der Waals surface area contributed by atoms with Crippen molar-refractivity contribution < 1.29 is 18.3 Å². The van der Waals surface area contributed by atoms with Gasteiger partial charge in [-0.25, -0.2) is 8.42 Å². The quantitative estimate of drug-likeness (QED) is 0.225. The predicted molar refractivity (Wildman–Crippen MR) is 169 cm³/mol. The molecule has 4 N–H and O–H groups in total. The van der Waals surface area contributed by atoms with Gasteiger partial charge in [0.15, 0.2) is 0 Å². The second kappa shape index (κ2) is 15.1. The van der Waals surface area contributed by atoms with E-state index in [2.05, 4.69) is 16.0 Å². The van der Waals surface area contributed by atoms with E-state index in [1.165, 1.54) is 4.31 Å². The molecule has 222 valence electrons. The van der Waals surface area contributed by atoms with Gasteiger partial charge in [-0.3, -0.25) is 9.10 Å². The minimum atomic E-state index is -3.42. The van der Waals surface area contributed by atoms with Crippen molar-refractivity contribution in [3.05, 3.63) is 93.5 Å². The molecule has 1 aliphatic rings. The fraction of sp³-hybridized carbons (Fsp3) is 0.345. The third-order valence-electron chi connectivity index (χ3n) is 6.63. The van der Waals surface area contributed by atoms with Crippen LogP contribution in [0.15, 0.2) is 66.7 Å². The van der Waals surface area contributed by atoms with Gasteiger partial charge in [-0.1, -0.05) is 53.5 Å². The number of carbonyl (C=O) groups is 1. The number of hydrogen-bond acceptors (Lipinski definition) is 6. The van der Waals surface area contributed by atoms with Gasteiger partial charge in [0.05, 0.1) is 23.6 Å².